The van der Waals surface area contributed by atoms with E-state index in [4.69, 9.17) is 16.3 Å². The van der Waals surface area contributed by atoms with Gasteiger partial charge in [-0.15, -0.1) is 0 Å². The van der Waals surface area contributed by atoms with Gasteiger partial charge in [0.15, 0.2) is 5.82 Å². The molecule has 2 aromatic carbocycles. The Hall–Kier alpha value is -3.00. The van der Waals surface area contributed by atoms with Crippen LogP contribution in [0.3, 0.4) is 0 Å². The van der Waals surface area contributed by atoms with Gasteiger partial charge in [0, 0.05) is 45.3 Å². The molecule has 3 N–H and O–H groups in total. The molecule has 0 spiro atoms. The molecule has 0 bridgehead atoms. The lowest BCUT2D eigenvalue weighted by atomic mass is 10.0. The van der Waals surface area contributed by atoms with Crippen molar-refractivity contribution in [2.75, 3.05) is 64.1 Å². The van der Waals surface area contributed by atoms with Gasteiger partial charge in [-0.05, 0) is 74.5 Å². The number of hydrogen-bond acceptors (Lipinski definition) is 10. The average Bonchev–Trinajstić information content (AvgIpc) is 3.37. The van der Waals surface area contributed by atoms with Gasteiger partial charge < -0.3 is 25.4 Å². The van der Waals surface area contributed by atoms with Crippen molar-refractivity contribution in [3.8, 4) is 5.75 Å². The van der Waals surface area contributed by atoms with Crippen molar-refractivity contribution in [1.82, 2.24) is 24.1 Å². The van der Waals surface area contributed by atoms with Crippen molar-refractivity contribution in [1.29, 1.82) is 0 Å². The number of benzene rings is 2. The van der Waals surface area contributed by atoms with Gasteiger partial charge in [-0.2, -0.15) is 9.29 Å². The number of hydrogen-bond donors (Lipinski definition) is 3. The molecule has 13 heteroatoms. The summed E-state index contributed by atoms with van der Waals surface area (Å²) in [5.41, 5.74) is 3.70. The molecule has 2 unspecified atom stereocenters. The molecule has 2 aliphatic heterocycles. The molecular weight excluding hydrogens is 602 g/mol. The van der Waals surface area contributed by atoms with Crippen LogP contribution in [0.1, 0.15) is 30.4 Å². The van der Waals surface area contributed by atoms with Gasteiger partial charge in [0.25, 0.3) is 0 Å². The highest BCUT2D eigenvalue weighted by Crippen LogP contribution is 2.36. The van der Waals surface area contributed by atoms with Crippen molar-refractivity contribution in [3.63, 3.8) is 0 Å². The van der Waals surface area contributed by atoms with Crippen molar-refractivity contribution in [2.45, 2.75) is 49.1 Å². The Morgan fingerprint density at radius 2 is 1.70 bits per heavy atom. The highest BCUT2D eigenvalue weighted by molar-refractivity contribution is 7.89. The predicted molar refractivity (Wildman–Crippen MR) is 172 cm³/mol. The summed E-state index contributed by atoms with van der Waals surface area (Å²) in [6.07, 6.45) is 5.46. The second-order valence-electron chi connectivity index (χ2n) is 11.8. The summed E-state index contributed by atoms with van der Waals surface area (Å²) in [6, 6.07) is 11.4. The molecule has 2 fully saturated rings. The van der Waals surface area contributed by atoms with E-state index in [1.165, 1.54) is 27.7 Å². The number of ether oxygens (including phenoxy) is 1. The fraction of sp³-hybridized carbons (Fsp3) is 0.484. The van der Waals surface area contributed by atoms with Gasteiger partial charge >= 0.3 is 0 Å². The first kappa shape index (κ1) is 31.0. The van der Waals surface area contributed by atoms with Crippen molar-refractivity contribution < 1.29 is 18.3 Å². The number of halogens is 1. The van der Waals surface area contributed by atoms with Gasteiger partial charge in [-0.1, -0.05) is 23.7 Å². The van der Waals surface area contributed by atoms with Crippen LogP contribution in [0.5, 0.6) is 5.75 Å². The van der Waals surface area contributed by atoms with Gasteiger partial charge in [0.1, 0.15) is 15.7 Å². The maximum absolute atomic E-state index is 13.4. The molecule has 1 aromatic heterocycles. The zero-order valence-corrected chi connectivity index (χ0v) is 26.7. The number of nitrogens with zero attached hydrogens (tertiary/aromatic N) is 5. The summed E-state index contributed by atoms with van der Waals surface area (Å²) in [4.78, 5) is 14.1. The fourth-order valence-electron chi connectivity index (χ4n) is 6.37. The number of nitrogens with one attached hydrogen (secondary N) is 2. The van der Waals surface area contributed by atoms with Crippen molar-refractivity contribution in [2.24, 2.45) is 0 Å². The van der Waals surface area contributed by atoms with E-state index in [9.17, 15) is 13.5 Å². The Balaban J connectivity index is 1.21. The first-order valence-electron chi connectivity index (χ1n) is 15.2. The second-order valence-corrected chi connectivity index (χ2v) is 14.1. The number of fused-ring (bicyclic) bond motifs is 1. The molecule has 11 nitrogen and oxygen atoms in total. The number of likely N-dealkylation sites (N-methyl/N-ethyl adjacent to an activating group) is 1. The van der Waals surface area contributed by atoms with E-state index in [1.54, 1.807) is 25.3 Å². The minimum atomic E-state index is -3.84. The Labute approximate surface area is 264 Å². The van der Waals surface area contributed by atoms with E-state index >= 15 is 0 Å². The molecule has 3 heterocycles. The third-order valence-corrected chi connectivity index (χ3v) is 11.1. The summed E-state index contributed by atoms with van der Waals surface area (Å²) in [6.45, 7) is 4.81. The van der Waals surface area contributed by atoms with Crippen LogP contribution in [0.15, 0.2) is 47.5 Å². The minimum absolute atomic E-state index is 0.0676. The molecule has 0 saturated carbocycles. The van der Waals surface area contributed by atoms with Gasteiger partial charge in [-0.25, -0.2) is 13.4 Å². The lowest BCUT2D eigenvalue weighted by Crippen LogP contribution is -2.49. The van der Waals surface area contributed by atoms with Crippen LogP contribution in [-0.2, 0) is 22.9 Å². The first-order chi connectivity index (χ1) is 21.2. The minimum Gasteiger partial charge on any atom is -0.495 e. The lowest BCUT2D eigenvalue weighted by Gasteiger charge is -2.37. The second kappa shape index (κ2) is 13.2. The van der Waals surface area contributed by atoms with Crippen LogP contribution in [0.25, 0.3) is 0 Å². The van der Waals surface area contributed by atoms with Crippen LogP contribution >= 0.6 is 11.6 Å². The lowest BCUT2D eigenvalue weighted by molar-refractivity contribution is 0.104. The Kier molecular flexibility index (Phi) is 9.27. The number of aryl methyl sites for hydroxylation is 2. The van der Waals surface area contributed by atoms with Crippen LogP contribution in [0.2, 0.25) is 5.02 Å². The van der Waals surface area contributed by atoms with Crippen LogP contribution < -0.4 is 15.4 Å². The van der Waals surface area contributed by atoms with E-state index in [-0.39, 0.29) is 28.8 Å². The van der Waals surface area contributed by atoms with E-state index in [1.807, 2.05) is 0 Å². The molecule has 0 amide bonds. The molecule has 2 saturated heterocycles. The maximum Gasteiger partial charge on any atom is 0.245 e. The average molecular weight is 642 g/mol. The van der Waals surface area contributed by atoms with Gasteiger partial charge in [-0.3, -0.25) is 4.90 Å². The third kappa shape index (κ3) is 6.65. The number of aliphatic hydroxyl groups is 1. The van der Waals surface area contributed by atoms with Crippen molar-refractivity contribution in [3.05, 3.63) is 58.7 Å². The number of β-amino-alcohol motifs (C(OH)–C–C–N with tert-alkyl or cyclic N) is 1. The number of rotatable bonds is 8. The number of aliphatic hydroxyl groups excluding tert-OH is 1. The molecule has 44 heavy (non-hydrogen) atoms. The third-order valence-electron chi connectivity index (χ3n) is 8.94. The van der Waals surface area contributed by atoms with E-state index in [2.05, 4.69) is 49.6 Å². The smallest absolute Gasteiger partial charge is 0.245 e. The number of aromatic nitrogens is 2. The number of methoxy groups -OCH3 is 1. The topological polar surface area (TPSA) is 123 Å². The summed E-state index contributed by atoms with van der Waals surface area (Å²) in [7, 11) is 0.00500. The molecular formula is C31H40ClN7O4S. The molecule has 3 aliphatic rings. The molecule has 0 radical (unpaired) electrons. The standard InChI is InChI=1S/C31H40ClN7O4S/c1-37-13-15-38(16-14-37)23-9-7-21-17-27(28(43-2)18-22(21)8-10-23)35-31-33-19-25(32)30(36-31)34-26-5-3-4-6-29(26)44(41,42)39-12-11-24(40)20-39/h3-6,17-19,23-24,40H,7-16,20H2,1-2H3,(H2,33,34,35,36). The summed E-state index contributed by atoms with van der Waals surface area (Å²) in [5, 5.41) is 16.6. The van der Waals surface area contributed by atoms with E-state index in [0.717, 1.165) is 57.5 Å². The van der Waals surface area contributed by atoms with Crippen LogP contribution in [0, 0.1) is 0 Å². The summed E-state index contributed by atoms with van der Waals surface area (Å²) >= 11 is 6.48. The SMILES string of the molecule is COc1cc2c(cc1Nc1ncc(Cl)c(Nc3ccccc3S(=O)(=O)N3CCC(O)C3)n1)CCC(N1CCN(C)CC1)CC2. The number of piperazine rings is 1. The molecule has 1 aliphatic carbocycles. The quantitative estimate of drug-likeness (QED) is 0.312. The molecule has 2 atom stereocenters. The Morgan fingerprint density at radius 1 is 0.977 bits per heavy atom. The maximum atomic E-state index is 13.4. The highest BCUT2D eigenvalue weighted by atomic mass is 35.5. The number of anilines is 4. The molecule has 6 rings (SSSR count). The van der Waals surface area contributed by atoms with Gasteiger partial charge in [0.05, 0.1) is 30.8 Å². The van der Waals surface area contributed by atoms with Crippen molar-refractivity contribution >= 4 is 44.8 Å². The fourth-order valence-corrected chi connectivity index (χ4v) is 8.14. The largest absolute Gasteiger partial charge is 0.495 e. The van der Waals surface area contributed by atoms with Gasteiger partial charge in [0.2, 0.25) is 16.0 Å². The highest BCUT2D eigenvalue weighted by Gasteiger charge is 2.33. The molecule has 3 aromatic rings. The summed E-state index contributed by atoms with van der Waals surface area (Å²) < 4.78 is 33.9. The van der Waals surface area contributed by atoms with E-state index in [0.29, 0.717) is 29.8 Å². The Morgan fingerprint density at radius 3 is 2.41 bits per heavy atom. The van der Waals surface area contributed by atoms with Crippen LogP contribution in [-0.4, -0.2) is 103 Å². The summed E-state index contributed by atoms with van der Waals surface area (Å²) in [5.74, 6) is 1.26. The zero-order chi connectivity index (χ0) is 30.8. The van der Waals surface area contributed by atoms with E-state index < -0.39 is 16.1 Å². The zero-order valence-electron chi connectivity index (χ0n) is 25.2. The normalized spacial score (nSPS) is 21.9. The molecule has 236 valence electrons. The first-order valence-corrected chi connectivity index (χ1v) is 17.0. The Bertz CT molecular complexity index is 1600. The predicted octanol–water partition coefficient (Wildman–Crippen LogP) is 3.88. The number of sulfonamides is 1. The monoisotopic (exact) mass is 641 g/mol. The van der Waals surface area contributed by atoms with Crippen LogP contribution in [0.4, 0.5) is 23.1 Å². The number of para-hydroxylation sites is 1.